The zero-order valence-electron chi connectivity index (χ0n) is 10.1. The first-order valence-corrected chi connectivity index (χ1v) is 7.12. The SMILES string of the molecule is CN(CCc1cccs1)C1CCCC1CN. The summed E-state index contributed by atoms with van der Waals surface area (Å²) in [5.74, 6) is 0.730. The minimum absolute atomic E-state index is 0.727. The molecule has 1 heterocycles. The Morgan fingerprint density at radius 1 is 1.50 bits per heavy atom. The first kappa shape index (κ1) is 12.1. The molecule has 2 N–H and O–H groups in total. The van der Waals surface area contributed by atoms with Crippen LogP contribution in [0.5, 0.6) is 0 Å². The fraction of sp³-hybridized carbons (Fsp3) is 0.692. The highest BCUT2D eigenvalue weighted by atomic mass is 32.1. The third-order valence-electron chi connectivity index (χ3n) is 3.78. The lowest BCUT2D eigenvalue weighted by Gasteiger charge is -2.28. The van der Waals surface area contributed by atoms with Crippen LogP contribution in [-0.4, -0.2) is 31.1 Å². The predicted octanol–water partition coefficient (Wildman–Crippen LogP) is 2.35. The summed E-state index contributed by atoms with van der Waals surface area (Å²) in [5.41, 5.74) is 5.83. The van der Waals surface area contributed by atoms with E-state index in [1.165, 1.54) is 37.1 Å². The van der Waals surface area contributed by atoms with Crippen LogP contribution in [0.25, 0.3) is 0 Å². The molecule has 3 heteroatoms. The van der Waals surface area contributed by atoms with E-state index >= 15 is 0 Å². The van der Waals surface area contributed by atoms with Crippen molar-refractivity contribution in [3.8, 4) is 0 Å². The molecule has 1 saturated carbocycles. The molecular formula is C13H22N2S. The topological polar surface area (TPSA) is 29.3 Å². The average Bonchev–Trinajstić information content (AvgIpc) is 2.96. The second-order valence-electron chi connectivity index (χ2n) is 4.80. The molecule has 0 radical (unpaired) electrons. The molecule has 2 rings (SSSR count). The Bertz CT molecular complexity index is 297. The van der Waals surface area contributed by atoms with Gasteiger partial charge in [0.25, 0.3) is 0 Å². The second-order valence-corrected chi connectivity index (χ2v) is 5.84. The van der Waals surface area contributed by atoms with E-state index in [0.717, 1.165) is 18.5 Å². The molecule has 1 aliphatic carbocycles. The van der Waals surface area contributed by atoms with Crippen molar-refractivity contribution in [1.82, 2.24) is 4.90 Å². The summed E-state index contributed by atoms with van der Waals surface area (Å²) in [6, 6.07) is 5.09. The molecule has 2 nitrogen and oxygen atoms in total. The van der Waals surface area contributed by atoms with Crippen molar-refractivity contribution in [3.63, 3.8) is 0 Å². The van der Waals surface area contributed by atoms with Crippen LogP contribution in [0.2, 0.25) is 0 Å². The molecule has 1 aliphatic rings. The molecule has 0 bridgehead atoms. The second kappa shape index (κ2) is 5.80. The maximum atomic E-state index is 5.83. The Balaban J connectivity index is 1.81. The molecule has 1 aromatic rings. The van der Waals surface area contributed by atoms with Gasteiger partial charge in [-0.25, -0.2) is 0 Å². The van der Waals surface area contributed by atoms with Crippen molar-refractivity contribution in [3.05, 3.63) is 22.4 Å². The average molecular weight is 238 g/mol. The molecule has 1 fully saturated rings. The van der Waals surface area contributed by atoms with Gasteiger partial charge in [-0.3, -0.25) is 0 Å². The quantitative estimate of drug-likeness (QED) is 0.853. The van der Waals surface area contributed by atoms with Gasteiger partial charge in [0, 0.05) is 17.5 Å². The summed E-state index contributed by atoms with van der Waals surface area (Å²) in [6.07, 6.45) is 5.20. The number of hydrogen-bond donors (Lipinski definition) is 1. The molecule has 0 aromatic carbocycles. The number of rotatable bonds is 5. The van der Waals surface area contributed by atoms with Gasteiger partial charge in [-0.2, -0.15) is 0 Å². The van der Waals surface area contributed by atoms with Crippen molar-refractivity contribution >= 4 is 11.3 Å². The molecule has 90 valence electrons. The standard InChI is InChI=1S/C13H22N2S/c1-15(8-7-12-5-3-9-16-12)13-6-2-4-11(13)10-14/h3,5,9,11,13H,2,4,6-8,10,14H2,1H3. The molecule has 2 unspecified atom stereocenters. The van der Waals surface area contributed by atoms with Crippen molar-refractivity contribution in [1.29, 1.82) is 0 Å². The maximum absolute atomic E-state index is 5.83. The van der Waals surface area contributed by atoms with Gasteiger partial charge in [0.05, 0.1) is 0 Å². The first-order valence-electron chi connectivity index (χ1n) is 6.24. The number of hydrogen-bond acceptors (Lipinski definition) is 3. The smallest absolute Gasteiger partial charge is 0.0133 e. The fourth-order valence-corrected chi connectivity index (χ4v) is 3.48. The third kappa shape index (κ3) is 2.84. The summed E-state index contributed by atoms with van der Waals surface area (Å²) in [6.45, 7) is 2.02. The summed E-state index contributed by atoms with van der Waals surface area (Å²) in [4.78, 5) is 4.01. The van der Waals surface area contributed by atoms with Gasteiger partial charge in [-0.15, -0.1) is 11.3 Å². The Morgan fingerprint density at radius 3 is 3.06 bits per heavy atom. The van der Waals surface area contributed by atoms with Crippen molar-refractivity contribution in [2.24, 2.45) is 11.7 Å². The van der Waals surface area contributed by atoms with E-state index in [9.17, 15) is 0 Å². The molecule has 1 aromatic heterocycles. The molecule has 0 saturated heterocycles. The monoisotopic (exact) mass is 238 g/mol. The number of nitrogens with zero attached hydrogens (tertiary/aromatic N) is 1. The van der Waals surface area contributed by atoms with Gasteiger partial charge < -0.3 is 10.6 Å². The van der Waals surface area contributed by atoms with Crippen LogP contribution in [0.4, 0.5) is 0 Å². The minimum atomic E-state index is 0.727. The van der Waals surface area contributed by atoms with E-state index in [4.69, 9.17) is 5.73 Å². The van der Waals surface area contributed by atoms with Gasteiger partial charge in [0.1, 0.15) is 0 Å². The number of likely N-dealkylation sites (N-methyl/N-ethyl adjacent to an activating group) is 1. The van der Waals surface area contributed by atoms with Crippen LogP contribution in [0, 0.1) is 5.92 Å². The zero-order valence-corrected chi connectivity index (χ0v) is 10.9. The molecular weight excluding hydrogens is 216 g/mol. The molecule has 16 heavy (non-hydrogen) atoms. The van der Waals surface area contributed by atoms with Gasteiger partial charge >= 0.3 is 0 Å². The Kier molecular flexibility index (Phi) is 4.38. The van der Waals surface area contributed by atoms with Crippen LogP contribution in [-0.2, 0) is 6.42 Å². The maximum Gasteiger partial charge on any atom is 0.0133 e. The highest BCUT2D eigenvalue weighted by Crippen LogP contribution is 2.28. The normalized spacial score (nSPS) is 25.4. The first-order chi connectivity index (χ1) is 7.81. The Morgan fingerprint density at radius 2 is 2.38 bits per heavy atom. The van der Waals surface area contributed by atoms with E-state index in [-0.39, 0.29) is 0 Å². The predicted molar refractivity (Wildman–Crippen MR) is 70.8 cm³/mol. The summed E-state index contributed by atoms with van der Waals surface area (Å²) in [5, 5.41) is 2.16. The summed E-state index contributed by atoms with van der Waals surface area (Å²) >= 11 is 1.86. The lowest BCUT2D eigenvalue weighted by atomic mass is 10.0. The van der Waals surface area contributed by atoms with Crippen molar-refractivity contribution in [2.75, 3.05) is 20.1 Å². The lowest BCUT2D eigenvalue weighted by Crippen LogP contribution is -2.38. The summed E-state index contributed by atoms with van der Waals surface area (Å²) in [7, 11) is 2.26. The molecule has 2 atom stereocenters. The largest absolute Gasteiger partial charge is 0.330 e. The van der Waals surface area contributed by atoms with Gasteiger partial charge in [-0.05, 0) is 50.2 Å². The number of thiophene rings is 1. The van der Waals surface area contributed by atoms with Gasteiger partial charge in [0.15, 0.2) is 0 Å². The van der Waals surface area contributed by atoms with Crippen LogP contribution >= 0.6 is 11.3 Å². The van der Waals surface area contributed by atoms with Crippen LogP contribution in [0.15, 0.2) is 17.5 Å². The molecule has 0 aliphatic heterocycles. The van der Waals surface area contributed by atoms with Gasteiger partial charge in [-0.1, -0.05) is 12.5 Å². The fourth-order valence-electron chi connectivity index (χ4n) is 2.78. The minimum Gasteiger partial charge on any atom is -0.330 e. The van der Waals surface area contributed by atoms with E-state index in [2.05, 4.69) is 29.5 Å². The molecule has 0 amide bonds. The molecule has 0 spiro atoms. The van der Waals surface area contributed by atoms with E-state index < -0.39 is 0 Å². The number of nitrogens with two attached hydrogens (primary N) is 1. The van der Waals surface area contributed by atoms with E-state index in [1.807, 2.05) is 11.3 Å². The highest BCUT2D eigenvalue weighted by molar-refractivity contribution is 7.09. The lowest BCUT2D eigenvalue weighted by molar-refractivity contribution is 0.203. The summed E-state index contributed by atoms with van der Waals surface area (Å²) < 4.78 is 0. The van der Waals surface area contributed by atoms with Crippen molar-refractivity contribution in [2.45, 2.75) is 31.7 Å². The van der Waals surface area contributed by atoms with E-state index in [1.54, 1.807) is 0 Å². The van der Waals surface area contributed by atoms with Crippen LogP contribution < -0.4 is 5.73 Å². The van der Waals surface area contributed by atoms with Crippen LogP contribution in [0.3, 0.4) is 0 Å². The highest BCUT2D eigenvalue weighted by Gasteiger charge is 2.28. The Labute approximate surface area is 102 Å². The Hall–Kier alpha value is -0.380. The zero-order chi connectivity index (χ0) is 11.4. The third-order valence-corrected chi connectivity index (χ3v) is 4.72. The van der Waals surface area contributed by atoms with Crippen molar-refractivity contribution < 1.29 is 0 Å². The van der Waals surface area contributed by atoms with Gasteiger partial charge in [0.2, 0.25) is 0 Å². The van der Waals surface area contributed by atoms with E-state index in [0.29, 0.717) is 0 Å². The van der Waals surface area contributed by atoms with Crippen LogP contribution in [0.1, 0.15) is 24.1 Å².